The minimum Gasteiger partial charge on any atom is -0.369 e. The molecule has 0 spiro atoms. The van der Waals surface area contributed by atoms with Gasteiger partial charge in [-0.3, -0.25) is 9.69 Å². The van der Waals surface area contributed by atoms with E-state index in [9.17, 15) is 13.2 Å². The van der Waals surface area contributed by atoms with Gasteiger partial charge in [-0.05, 0) is 48.9 Å². The highest BCUT2D eigenvalue weighted by molar-refractivity contribution is 7.89. The van der Waals surface area contributed by atoms with Crippen LogP contribution in [0.5, 0.6) is 0 Å². The average molecular weight is 479 g/mol. The third-order valence-corrected chi connectivity index (χ3v) is 7.46. The number of nitrogens with one attached hydrogen (secondary N) is 2. The van der Waals surface area contributed by atoms with E-state index >= 15 is 0 Å². The monoisotopic (exact) mass is 478 g/mol. The third kappa shape index (κ3) is 6.22. The molecule has 0 radical (unpaired) electrons. The number of carbonyl (C=O) groups excluding carboxylic acids is 1. The summed E-state index contributed by atoms with van der Waals surface area (Å²) in [6.07, 6.45) is 0. The molecule has 1 fully saturated rings. The van der Waals surface area contributed by atoms with Crippen LogP contribution < -0.4 is 14.9 Å². The van der Waals surface area contributed by atoms with Gasteiger partial charge in [0, 0.05) is 44.1 Å². The molecule has 1 amide bonds. The van der Waals surface area contributed by atoms with Gasteiger partial charge in [0.2, 0.25) is 15.9 Å². The van der Waals surface area contributed by atoms with E-state index in [0.717, 1.165) is 38.4 Å². The molecule has 1 atom stereocenters. The molecular formula is C26H30N4O3S. The number of sulfonamides is 1. The Bertz CT molecular complexity index is 1180. The maximum absolute atomic E-state index is 12.5. The van der Waals surface area contributed by atoms with E-state index in [1.54, 1.807) is 18.2 Å². The first-order valence-corrected chi connectivity index (χ1v) is 12.9. The number of nitrogens with zero attached hydrogens (tertiary/aromatic N) is 2. The molecule has 0 aromatic heterocycles. The fraction of sp³-hybridized carbons (Fsp3) is 0.269. The Hall–Kier alpha value is -3.20. The van der Waals surface area contributed by atoms with Gasteiger partial charge in [-0.15, -0.1) is 0 Å². The quantitative estimate of drug-likeness (QED) is 0.519. The molecule has 4 rings (SSSR count). The lowest BCUT2D eigenvalue weighted by Crippen LogP contribution is -2.45. The van der Waals surface area contributed by atoms with Crippen molar-refractivity contribution >= 4 is 27.3 Å². The maximum atomic E-state index is 12.5. The van der Waals surface area contributed by atoms with Gasteiger partial charge in [0.15, 0.2) is 0 Å². The van der Waals surface area contributed by atoms with Gasteiger partial charge in [-0.1, -0.05) is 48.5 Å². The van der Waals surface area contributed by atoms with Crippen molar-refractivity contribution in [1.82, 2.24) is 9.62 Å². The molecule has 1 aliphatic rings. The lowest BCUT2D eigenvalue weighted by Gasteiger charge is -2.36. The van der Waals surface area contributed by atoms with Gasteiger partial charge in [-0.25, -0.2) is 8.42 Å². The van der Waals surface area contributed by atoms with Gasteiger partial charge in [0.1, 0.15) is 0 Å². The van der Waals surface area contributed by atoms with Crippen molar-refractivity contribution in [3.8, 4) is 0 Å². The second-order valence-electron chi connectivity index (χ2n) is 8.44. The van der Waals surface area contributed by atoms with Crippen LogP contribution in [0.4, 0.5) is 11.4 Å². The summed E-state index contributed by atoms with van der Waals surface area (Å²) in [5, 5.41) is 2.79. The lowest BCUT2D eigenvalue weighted by atomic mass is 10.2. The molecule has 0 saturated carbocycles. The minimum absolute atomic E-state index is 0.128. The Morgan fingerprint density at radius 2 is 1.44 bits per heavy atom. The molecule has 0 aliphatic carbocycles. The Morgan fingerprint density at radius 3 is 2.06 bits per heavy atom. The van der Waals surface area contributed by atoms with E-state index in [1.165, 1.54) is 24.6 Å². The first-order valence-electron chi connectivity index (χ1n) is 11.4. The minimum atomic E-state index is -3.76. The molecule has 2 N–H and O–H groups in total. The van der Waals surface area contributed by atoms with Crippen LogP contribution in [0.25, 0.3) is 0 Å². The van der Waals surface area contributed by atoms with Crippen LogP contribution in [0.15, 0.2) is 89.8 Å². The Morgan fingerprint density at radius 1 is 0.853 bits per heavy atom. The predicted octanol–water partition coefficient (Wildman–Crippen LogP) is 3.31. The molecule has 3 aromatic carbocycles. The van der Waals surface area contributed by atoms with E-state index in [1.807, 2.05) is 30.3 Å². The molecule has 3 aromatic rings. The zero-order chi connectivity index (χ0) is 24.0. The van der Waals surface area contributed by atoms with Crippen molar-refractivity contribution in [1.29, 1.82) is 0 Å². The van der Waals surface area contributed by atoms with E-state index in [4.69, 9.17) is 0 Å². The second kappa shape index (κ2) is 10.8. The van der Waals surface area contributed by atoms with Crippen LogP contribution in [0.1, 0.15) is 12.5 Å². The van der Waals surface area contributed by atoms with E-state index in [2.05, 4.69) is 44.1 Å². The number of benzene rings is 3. The van der Waals surface area contributed by atoms with Crippen molar-refractivity contribution in [3.05, 3.63) is 90.5 Å². The van der Waals surface area contributed by atoms with Crippen LogP contribution in [0.2, 0.25) is 0 Å². The highest BCUT2D eigenvalue weighted by Crippen LogP contribution is 2.20. The van der Waals surface area contributed by atoms with E-state index < -0.39 is 22.0 Å². The van der Waals surface area contributed by atoms with Crippen LogP contribution in [-0.4, -0.2) is 51.4 Å². The highest BCUT2D eigenvalue weighted by Gasteiger charge is 2.22. The summed E-state index contributed by atoms with van der Waals surface area (Å²) in [6.45, 7) is 6.36. The molecule has 34 heavy (non-hydrogen) atoms. The van der Waals surface area contributed by atoms with Crippen LogP contribution in [0.3, 0.4) is 0 Å². The molecule has 7 nitrogen and oxygen atoms in total. The van der Waals surface area contributed by atoms with Crippen molar-refractivity contribution < 1.29 is 13.2 Å². The number of amides is 1. The van der Waals surface area contributed by atoms with Crippen LogP contribution >= 0.6 is 0 Å². The normalized spacial score (nSPS) is 15.6. The Balaban J connectivity index is 1.28. The number of anilines is 2. The molecule has 0 unspecified atom stereocenters. The summed E-state index contributed by atoms with van der Waals surface area (Å²) < 4.78 is 27.3. The summed E-state index contributed by atoms with van der Waals surface area (Å²) in [4.78, 5) is 17.5. The van der Waals surface area contributed by atoms with Crippen LogP contribution in [0, 0.1) is 0 Å². The van der Waals surface area contributed by atoms with Crippen molar-refractivity contribution in [2.45, 2.75) is 24.4 Å². The number of piperazine rings is 1. The van der Waals surface area contributed by atoms with Gasteiger partial charge in [0.25, 0.3) is 0 Å². The fourth-order valence-corrected chi connectivity index (χ4v) is 5.19. The van der Waals surface area contributed by atoms with E-state index in [0.29, 0.717) is 5.69 Å². The lowest BCUT2D eigenvalue weighted by molar-refractivity contribution is -0.117. The standard InChI is InChI=1S/C26H30N4O3S/c1-21(28-34(32,33)25-10-6-3-7-11-25)26(31)27-23-12-14-24(15-13-23)30-18-16-29(17-19-30)20-22-8-4-2-5-9-22/h2-15,21,28H,16-20H2,1H3,(H,27,31)/t21-/m1/s1. The highest BCUT2D eigenvalue weighted by atomic mass is 32.2. The van der Waals surface area contributed by atoms with Gasteiger partial charge >= 0.3 is 0 Å². The maximum Gasteiger partial charge on any atom is 0.242 e. The fourth-order valence-electron chi connectivity index (χ4n) is 3.97. The molecule has 178 valence electrons. The zero-order valence-corrected chi connectivity index (χ0v) is 20.0. The average Bonchev–Trinajstić information content (AvgIpc) is 2.86. The summed E-state index contributed by atoms with van der Waals surface area (Å²) in [6, 6.07) is 25.3. The summed E-state index contributed by atoms with van der Waals surface area (Å²) >= 11 is 0. The van der Waals surface area contributed by atoms with Crippen molar-refractivity contribution in [3.63, 3.8) is 0 Å². The molecule has 0 bridgehead atoms. The molecule has 1 saturated heterocycles. The predicted molar refractivity (Wildman–Crippen MR) is 135 cm³/mol. The SMILES string of the molecule is C[C@@H](NS(=O)(=O)c1ccccc1)C(=O)Nc1ccc(N2CCN(Cc3ccccc3)CC2)cc1. The van der Waals surface area contributed by atoms with Gasteiger partial charge < -0.3 is 10.2 Å². The Kier molecular flexibility index (Phi) is 7.62. The van der Waals surface area contributed by atoms with Crippen LogP contribution in [-0.2, 0) is 21.4 Å². The molecule has 8 heteroatoms. The van der Waals surface area contributed by atoms with Gasteiger partial charge in [0.05, 0.1) is 10.9 Å². The number of carbonyl (C=O) groups is 1. The Labute approximate surface area is 201 Å². The largest absolute Gasteiger partial charge is 0.369 e. The van der Waals surface area contributed by atoms with Crippen molar-refractivity contribution in [2.75, 3.05) is 36.4 Å². The first-order chi connectivity index (χ1) is 16.4. The molecule has 1 heterocycles. The van der Waals surface area contributed by atoms with E-state index in [-0.39, 0.29) is 4.90 Å². The zero-order valence-electron chi connectivity index (χ0n) is 19.2. The number of hydrogen-bond acceptors (Lipinski definition) is 5. The second-order valence-corrected chi connectivity index (χ2v) is 10.2. The van der Waals surface area contributed by atoms with Crippen molar-refractivity contribution in [2.24, 2.45) is 0 Å². The first kappa shape index (κ1) is 23.9. The summed E-state index contributed by atoms with van der Waals surface area (Å²) in [5.41, 5.74) is 3.06. The summed E-state index contributed by atoms with van der Waals surface area (Å²) in [5.74, 6) is -0.415. The number of rotatable bonds is 8. The smallest absolute Gasteiger partial charge is 0.242 e. The molecule has 1 aliphatic heterocycles. The van der Waals surface area contributed by atoms with Gasteiger partial charge in [-0.2, -0.15) is 4.72 Å². The summed E-state index contributed by atoms with van der Waals surface area (Å²) in [7, 11) is -3.76. The topological polar surface area (TPSA) is 81.7 Å². The number of hydrogen-bond donors (Lipinski definition) is 2. The third-order valence-electron chi connectivity index (χ3n) is 5.90. The molecular weight excluding hydrogens is 448 g/mol.